The predicted molar refractivity (Wildman–Crippen MR) is 175 cm³/mol. The maximum atomic E-state index is 14.7. The smallest absolute Gasteiger partial charge is 0.245 e. The molecule has 4 aromatic rings. The van der Waals surface area contributed by atoms with E-state index >= 15 is 0 Å². The lowest BCUT2D eigenvalue weighted by Crippen LogP contribution is -2.55. The van der Waals surface area contributed by atoms with Crippen LogP contribution in [0.4, 0.5) is 11.4 Å². The first-order valence-corrected chi connectivity index (χ1v) is 15.6. The number of carbonyl (C=O) groups is 2. The van der Waals surface area contributed by atoms with Gasteiger partial charge in [-0.25, -0.2) is 0 Å². The van der Waals surface area contributed by atoms with Gasteiger partial charge in [0, 0.05) is 31.2 Å². The summed E-state index contributed by atoms with van der Waals surface area (Å²) in [6.45, 7) is 5.73. The molecule has 2 aliphatic heterocycles. The quantitative estimate of drug-likeness (QED) is 0.198. The molecule has 0 aromatic heterocycles. The summed E-state index contributed by atoms with van der Waals surface area (Å²) < 4.78 is 6.76. The van der Waals surface area contributed by atoms with Crippen LogP contribution in [0.2, 0.25) is 5.02 Å². The molecule has 0 saturated carbocycles. The molecule has 2 heterocycles. The molecule has 1 fully saturated rings. The fourth-order valence-corrected chi connectivity index (χ4v) is 6.59. The highest BCUT2D eigenvalue weighted by Gasteiger charge is 2.52. The number of fused-ring (bicyclic) bond motifs is 1. The number of nitrogens with zero attached hydrogens (tertiary/aromatic N) is 3. The molecule has 1 unspecified atom stereocenters. The molecule has 2 aliphatic rings. The van der Waals surface area contributed by atoms with Crippen LogP contribution in [0, 0.1) is 0 Å². The average Bonchev–Trinajstić information content (AvgIpc) is 3.02. The zero-order valence-corrected chi connectivity index (χ0v) is 26.6. The molecule has 4 aromatic carbocycles. The molecule has 6 rings (SSSR count). The van der Waals surface area contributed by atoms with Crippen LogP contribution < -0.4 is 14.5 Å². The number of benzene rings is 4. The number of rotatable bonds is 7. The summed E-state index contributed by atoms with van der Waals surface area (Å²) in [5.41, 5.74) is 3.02. The van der Waals surface area contributed by atoms with Gasteiger partial charge >= 0.3 is 0 Å². The third-order valence-electron chi connectivity index (χ3n) is 8.48. The Morgan fingerprint density at radius 3 is 2.12 bits per heavy atom. The normalized spacial score (nSPS) is 19.0. The standard InChI is InChI=1S/C35H33BrClN3O3/c1-35(26-13-14-31(28(36)19-26)43-23-25-11-7-4-8-12-25)33(41)32-29(39-17-15-38(2)16-18-39)20-27(37)21-30(32)40(34(35)42)22-24-9-5-3-6-10-24/h3-14,19-21H,15-18,22-23H2,1-2H3. The summed E-state index contributed by atoms with van der Waals surface area (Å²) in [6.07, 6.45) is 0. The Kier molecular flexibility index (Phi) is 8.32. The lowest BCUT2D eigenvalue weighted by molar-refractivity contribution is -0.122. The third kappa shape index (κ3) is 5.69. The minimum Gasteiger partial charge on any atom is -0.488 e. The van der Waals surface area contributed by atoms with Gasteiger partial charge < -0.3 is 19.4 Å². The van der Waals surface area contributed by atoms with E-state index in [1.54, 1.807) is 17.9 Å². The Bertz CT molecular complexity index is 1660. The average molecular weight is 659 g/mol. The predicted octanol–water partition coefficient (Wildman–Crippen LogP) is 7.12. The number of likely N-dealkylation sites (N-methyl/N-ethyl adjacent to an activating group) is 1. The largest absolute Gasteiger partial charge is 0.488 e. The summed E-state index contributed by atoms with van der Waals surface area (Å²) in [5.74, 6) is 0.121. The molecule has 0 bridgehead atoms. The van der Waals surface area contributed by atoms with E-state index in [9.17, 15) is 9.59 Å². The van der Waals surface area contributed by atoms with Gasteiger partial charge in [-0.3, -0.25) is 9.59 Å². The van der Waals surface area contributed by atoms with E-state index < -0.39 is 5.41 Å². The van der Waals surface area contributed by atoms with Crippen molar-refractivity contribution in [3.63, 3.8) is 0 Å². The second-order valence-corrected chi connectivity index (χ2v) is 12.7. The van der Waals surface area contributed by atoms with Gasteiger partial charge in [0.05, 0.1) is 28.0 Å². The minimum atomic E-state index is -1.46. The minimum absolute atomic E-state index is 0.229. The van der Waals surface area contributed by atoms with Gasteiger partial charge in [0.2, 0.25) is 5.91 Å². The Morgan fingerprint density at radius 2 is 1.47 bits per heavy atom. The number of anilines is 2. The number of Topliss-reactive ketones (excluding diaryl/α,β-unsaturated/α-hetero) is 1. The van der Waals surface area contributed by atoms with Crippen LogP contribution in [0.15, 0.2) is 95.5 Å². The number of carbonyl (C=O) groups excluding carboxylic acids is 2. The zero-order valence-electron chi connectivity index (χ0n) is 24.2. The van der Waals surface area contributed by atoms with Crippen molar-refractivity contribution < 1.29 is 14.3 Å². The number of hydrogen-bond donors (Lipinski definition) is 0. The van der Waals surface area contributed by atoms with Crippen LogP contribution in [0.3, 0.4) is 0 Å². The van der Waals surface area contributed by atoms with Crippen LogP contribution in [0.25, 0.3) is 0 Å². The molecule has 0 N–H and O–H groups in total. The van der Waals surface area contributed by atoms with Crippen LogP contribution in [0.5, 0.6) is 5.75 Å². The first-order chi connectivity index (χ1) is 20.8. The highest BCUT2D eigenvalue weighted by molar-refractivity contribution is 9.10. The van der Waals surface area contributed by atoms with Crippen molar-refractivity contribution in [2.45, 2.75) is 25.5 Å². The molecule has 8 heteroatoms. The molecule has 1 saturated heterocycles. The zero-order chi connectivity index (χ0) is 30.1. The monoisotopic (exact) mass is 657 g/mol. The summed E-state index contributed by atoms with van der Waals surface area (Å²) in [4.78, 5) is 35.5. The number of ether oxygens (including phenoxy) is 1. The molecule has 0 aliphatic carbocycles. The summed E-state index contributed by atoms with van der Waals surface area (Å²) in [6, 6.07) is 28.9. The van der Waals surface area contributed by atoms with Crippen molar-refractivity contribution in [1.29, 1.82) is 0 Å². The van der Waals surface area contributed by atoms with Crippen molar-refractivity contribution in [1.82, 2.24) is 4.90 Å². The van der Waals surface area contributed by atoms with Gasteiger partial charge in [0.1, 0.15) is 17.8 Å². The molecule has 1 amide bonds. The van der Waals surface area contributed by atoms with E-state index in [4.69, 9.17) is 16.3 Å². The summed E-state index contributed by atoms with van der Waals surface area (Å²) in [5, 5.41) is 0.498. The maximum Gasteiger partial charge on any atom is 0.245 e. The maximum absolute atomic E-state index is 14.7. The first-order valence-electron chi connectivity index (χ1n) is 14.4. The second kappa shape index (κ2) is 12.2. The Labute approximate surface area is 265 Å². The number of halogens is 2. The number of piperazine rings is 1. The van der Waals surface area contributed by atoms with E-state index in [0.29, 0.717) is 45.2 Å². The second-order valence-electron chi connectivity index (χ2n) is 11.4. The van der Waals surface area contributed by atoms with Gasteiger partial charge in [-0.2, -0.15) is 0 Å². The van der Waals surface area contributed by atoms with Crippen molar-refractivity contribution in [3.8, 4) is 5.75 Å². The van der Waals surface area contributed by atoms with Crippen LogP contribution in [-0.2, 0) is 23.4 Å². The molecule has 1 atom stereocenters. The number of hydrogen-bond acceptors (Lipinski definition) is 5. The van der Waals surface area contributed by atoms with Gasteiger partial charge in [0.25, 0.3) is 0 Å². The van der Waals surface area contributed by atoms with E-state index in [0.717, 1.165) is 43.0 Å². The van der Waals surface area contributed by atoms with E-state index in [2.05, 4.69) is 32.8 Å². The van der Waals surface area contributed by atoms with Crippen molar-refractivity contribution in [2.75, 3.05) is 43.0 Å². The van der Waals surface area contributed by atoms with Crippen LogP contribution >= 0.6 is 27.5 Å². The van der Waals surface area contributed by atoms with E-state index in [1.807, 2.05) is 84.9 Å². The molecule has 220 valence electrons. The van der Waals surface area contributed by atoms with Crippen molar-refractivity contribution in [2.24, 2.45) is 0 Å². The Balaban J connectivity index is 1.43. The summed E-state index contributed by atoms with van der Waals surface area (Å²) in [7, 11) is 2.10. The fraction of sp³-hybridized carbons (Fsp3) is 0.257. The number of amides is 1. The molecular formula is C35H33BrClN3O3. The molecule has 0 radical (unpaired) electrons. The molecular weight excluding hydrogens is 626 g/mol. The van der Waals surface area contributed by atoms with Gasteiger partial charge in [-0.15, -0.1) is 0 Å². The highest BCUT2D eigenvalue weighted by Crippen LogP contribution is 2.47. The Morgan fingerprint density at radius 1 is 0.837 bits per heavy atom. The third-order valence-corrected chi connectivity index (χ3v) is 9.32. The van der Waals surface area contributed by atoms with E-state index in [-0.39, 0.29) is 11.7 Å². The number of ketones is 1. The highest BCUT2D eigenvalue weighted by atomic mass is 79.9. The van der Waals surface area contributed by atoms with Gasteiger partial charge in [-0.05, 0) is 70.9 Å². The lowest BCUT2D eigenvalue weighted by atomic mass is 9.71. The topological polar surface area (TPSA) is 53.1 Å². The fourth-order valence-electron chi connectivity index (χ4n) is 5.89. The van der Waals surface area contributed by atoms with Crippen molar-refractivity contribution in [3.05, 3.63) is 123 Å². The molecule has 0 spiro atoms. The van der Waals surface area contributed by atoms with Crippen molar-refractivity contribution >= 4 is 50.6 Å². The Hall–Kier alpha value is -3.65. The van der Waals surface area contributed by atoms with Crippen LogP contribution in [-0.4, -0.2) is 49.8 Å². The van der Waals surface area contributed by atoms with Crippen LogP contribution in [0.1, 0.15) is 34.0 Å². The first kappa shape index (κ1) is 29.4. The summed E-state index contributed by atoms with van der Waals surface area (Å²) >= 11 is 10.3. The van der Waals surface area contributed by atoms with Gasteiger partial charge in [0.15, 0.2) is 5.78 Å². The lowest BCUT2D eigenvalue weighted by Gasteiger charge is -2.43. The van der Waals surface area contributed by atoms with Gasteiger partial charge in [-0.1, -0.05) is 78.3 Å². The van der Waals surface area contributed by atoms with E-state index in [1.165, 1.54) is 0 Å². The molecule has 6 nitrogen and oxygen atoms in total. The molecule has 43 heavy (non-hydrogen) atoms. The SMILES string of the molecule is CN1CCN(c2cc(Cl)cc3c2C(=O)C(C)(c2ccc(OCc4ccccc4)c(Br)c2)C(=O)N3Cc2ccccc2)CC1.